The van der Waals surface area contributed by atoms with Gasteiger partial charge in [0.2, 0.25) is 5.91 Å². The number of hydrogen-bond donors (Lipinski definition) is 4. The third-order valence-corrected chi connectivity index (χ3v) is 10.2. The standard InChI is InChI=1S/C36H49N3O7S/c1-4-13-31(14-5-2)47(43,44)26-33(39-36(42)46-25-28-17-10-7-11-18-28)35(41)38-32(22-27-15-8-6-9-16-27)34(40)24-37-23-29-19-12-20-30(21-29)45-3/h6-12,15-21,31-34,37,40H,4-5,13-14,22-26H2,1-3H3,(H,38,41)(H,39,42)/p+1/t32-,33+,34+/m0/s1. The molecule has 2 amide bonds. The maximum Gasteiger partial charge on any atom is 0.408 e. The lowest BCUT2D eigenvalue weighted by Crippen LogP contribution is -2.86. The summed E-state index contributed by atoms with van der Waals surface area (Å²) in [6.45, 7) is 4.64. The third kappa shape index (κ3) is 13.0. The zero-order valence-electron chi connectivity index (χ0n) is 27.6. The quantitative estimate of drug-likeness (QED) is 0.144. The molecular weight excluding hydrogens is 618 g/mol. The Kier molecular flexibility index (Phi) is 15.7. The average molecular weight is 669 g/mol. The molecule has 3 rings (SSSR count). The molecular formula is C36H50N3O7S+. The van der Waals surface area contributed by atoms with E-state index in [1.165, 1.54) is 0 Å². The maximum atomic E-state index is 13.9. The number of nitrogens with two attached hydrogens (primary N) is 1. The van der Waals surface area contributed by atoms with Crippen molar-refractivity contribution in [2.45, 2.75) is 82.5 Å². The van der Waals surface area contributed by atoms with E-state index in [1.54, 1.807) is 19.2 Å². The number of ether oxygens (including phenoxy) is 2. The van der Waals surface area contributed by atoms with Crippen LogP contribution in [0.15, 0.2) is 84.9 Å². The van der Waals surface area contributed by atoms with E-state index in [4.69, 9.17) is 9.47 Å². The third-order valence-electron chi connectivity index (χ3n) is 7.96. The second-order valence-electron chi connectivity index (χ2n) is 11.7. The molecule has 3 aromatic carbocycles. The molecule has 47 heavy (non-hydrogen) atoms. The minimum Gasteiger partial charge on any atom is -0.497 e. The Balaban J connectivity index is 1.79. The number of carbonyl (C=O) groups is 2. The summed E-state index contributed by atoms with van der Waals surface area (Å²) in [4.78, 5) is 26.8. The molecule has 5 N–H and O–H groups in total. The van der Waals surface area contributed by atoms with Gasteiger partial charge < -0.3 is 30.5 Å². The highest BCUT2D eigenvalue weighted by molar-refractivity contribution is 7.92. The smallest absolute Gasteiger partial charge is 0.408 e. The van der Waals surface area contributed by atoms with Gasteiger partial charge in [-0.05, 0) is 42.5 Å². The summed E-state index contributed by atoms with van der Waals surface area (Å²) < 4.78 is 37.8. The van der Waals surface area contributed by atoms with Crippen molar-refractivity contribution in [3.8, 4) is 5.75 Å². The number of alkyl carbamates (subject to hydrolysis) is 1. The first-order valence-electron chi connectivity index (χ1n) is 16.3. The topological polar surface area (TPSA) is 148 Å². The second kappa shape index (κ2) is 19.7. The van der Waals surface area contributed by atoms with Gasteiger partial charge in [-0.25, -0.2) is 13.2 Å². The number of aliphatic hydroxyl groups excluding tert-OH is 1. The molecule has 0 fully saturated rings. The van der Waals surface area contributed by atoms with Crippen molar-refractivity contribution >= 4 is 21.8 Å². The molecule has 0 spiro atoms. The molecule has 0 aliphatic carbocycles. The SMILES string of the molecule is CCCC(CCC)S(=O)(=O)C[C@@H](NC(=O)OCc1ccccc1)C(=O)N[C@@H](Cc1ccccc1)[C@H](O)C[NH2+]Cc1cccc(OC)c1. The molecule has 0 bridgehead atoms. The molecule has 256 valence electrons. The first-order chi connectivity index (χ1) is 22.6. The van der Waals surface area contributed by atoms with Crippen LogP contribution in [0.1, 0.15) is 56.2 Å². The van der Waals surface area contributed by atoms with Crippen LogP contribution in [0, 0.1) is 0 Å². The average Bonchev–Trinajstić information content (AvgIpc) is 3.07. The molecule has 0 radical (unpaired) electrons. The number of benzene rings is 3. The van der Waals surface area contributed by atoms with Crippen LogP contribution in [0.3, 0.4) is 0 Å². The lowest BCUT2D eigenvalue weighted by atomic mass is 10.0. The largest absolute Gasteiger partial charge is 0.497 e. The Labute approximate surface area is 279 Å². The van der Waals surface area contributed by atoms with Crippen LogP contribution in [-0.2, 0) is 38.9 Å². The summed E-state index contributed by atoms with van der Waals surface area (Å²) in [5, 5.41) is 18.0. The summed E-state index contributed by atoms with van der Waals surface area (Å²) in [5.41, 5.74) is 2.64. The van der Waals surface area contributed by atoms with Crippen molar-refractivity contribution in [1.82, 2.24) is 10.6 Å². The van der Waals surface area contributed by atoms with Crippen LogP contribution in [0.25, 0.3) is 0 Å². The Morgan fingerprint density at radius 1 is 0.851 bits per heavy atom. The van der Waals surface area contributed by atoms with Crippen molar-refractivity contribution in [1.29, 1.82) is 0 Å². The predicted octanol–water partition coefficient (Wildman–Crippen LogP) is 3.53. The molecule has 0 aliphatic rings. The van der Waals surface area contributed by atoms with Crippen LogP contribution in [0.4, 0.5) is 4.79 Å². The monoisotopic (exact) mass is 668 g/mol. The van der Waals surface area contributed by atoms with Gasteiger partial charge >= 0.3 is 6.09 Å². The zero-order chi connectivity index (χ0) is 34.1. The molecule has 0 aliphatic heterocycles. The number of methoxy groups -OCH3 is 1. The first kappa shape index (κ1) is 37.5. The van der Waals surface area contributed by atoms with Gasteiger partial charge in [-0.2, -0.15) is 0 Å². The van der Waals surface area contributed by atoms with E-state index < -0.39 is 51.0 Å². The molecule has 3 aromatic rings. The molecule has 0 saturated carbocycles. The summed E-state index contributed by atoms with van der Waals surface area (Å²) in [6.07, 6.45) is 0.671. The van der Waals surface area contributed by atoms with E-state index >= 15 is 0 Å². The molecule has 3 atom stereocenters. The van der Waals surface area contributed by atoms with Crippen LogP contribution in [-0.4, -0.2) is 68.4 Å². The lowest BCUT2D eigenvalue weighted by molar-refractivity contribution is -0.676. The van der Waals surface area contributed by atoms with Crippen LogP contribution in [0.5, 0.6) is 5.75 Å². The fourth-order valence-electron chi connectivity index (χ4n) is 5.42. The Morgan fingerprint density at radius 3 is 2.09 bits per heavy atom. The number of quaternary nitrogens is 1. The zero-order valence-corrected chi connectivity index (χ0v) is 28.5. The number of nitrogens with one attached hydrogen (secondary N) is 2. The number of amides is 2. The number of aliphatic hydroxyl groups is 1. The van der Waals surface area contributed by atoms with Crippen molar-refractivity contribution < 1.29 is 37.9 Å². The van der Waals surface area contributed by atoms with Crippen molar-refractivity contribution in [2.24, 2.45) is 0 Å². The highest BCUT2D eigenvalue weighted by Crippen LogP contribution is 2.18. The van der Waals surface area contributed by atoms with Crippen LogP contribution < -0.4 is 20.7 Å². The number of rotatable bonds is 20. The Bertz CT molecular complexity index is 1470. The van der Waals surface area contributed by atoms with Gasteiger partial charge in [-0.1, -0.05) is 99.5 Å². The molecule has 10 nitrogen and oxygen atoms in total. The number of carbonyl (C=O) groups excluding carboxylic acids is 2. The van der Waals surface area contributed by atoms with E-state index in [9.17, 15) is 23.1 Å². The minimum atomic E-state index is -3.78. The predicted molar refractivity (Wildman–Crippen MR) is 183 cm³/mol. The molecule has 0 heterocycles. The van der Waals surface area contributed by atoms with Gasteiger partial charge in [0, 0.05) is 5.56 Å². The summed E-state index contributed by atoms with van der Waals surface area (Å²) in [7, 11) is -2.17. The van der Waals surface area contributed by atoms with E-state index in [2.05, 4.69) is 10.6 Å². The van der Waals surface area contributed by atoms with Gasteiger partial charge in [0.1, 0.15) is 37.6 Å². The van der Waals surface area contributed by atoms with E-state index in [0.29, 0.717) is 38.6 Å². The first-order valence-corrected chi connectivity index (χ1v) is 18.0. The van der Waals surface area contributed by atoms with Gasteiger partial charge in [-0.3, -0.25) is 4.79 Å². The van der Waals surface area contributed by atoms with Crippen LogP contribution >= 0.6 is 0 Å². The lowest BCUT2D eigenvalue weighted by Gasteiger charge is -2.27. The number of hydrogen-bond acceptors (Lipinski definition) is 7. The van der Waals surface area contributed by atoms with Gasteiger partial charge in [0.25, 0.3) is 0 Å². The summed E-state index contributed by atoms with van der Waals surface area (Å²) in [5.74, 6) is -0.550. The van der Waals surface area contributed by atoms with E-state index in [-0.39, 0.29) is 13.2 Å². The van der Waals surface area contributed by atoms with E-state index in [1.807, 2.05) is 92.0 Å². The van der Waals surface area contributed by atoms with Gasteiger partial charge in [-0.15, -0.1) is 0 Å². The minimum absolute atomic E-state index is 0.0411. The normalized spacial score (nSPS) is 13.4. The fraction of sp³-hybridized carbons (Fsp3) is 0.444. The van der Waals surface area contributed by atoms with Crippen molar-refractivity contribution in [3.63, 3.8) is 0 Å². The fourth-order valence-corrected chi connectivity index (χ4v) is 7.59. The molecule has 0 saturated heterocycles. The van der Waals surface area contributed by atoms with Crippen molar-refractivity contribution in [2.75, 3.05) is 19.4 Å². The second-order valence-corrected chi connectivity index (χ2v) is 14.1. The molecule has 11 heteroatoms. The molecule has 0 aromatic heterocycles. The Morgan fingerprint density at radius 2 is 1.47 bits per heavy atom. The van der Waals surface area contributed by atoms with E-state index in [0.717, 1.165) is 22.4 Å². The summed E-state index contributed by atoms with van der Waals surface area (Å²) in [6, 6.07) is 23.9. The van der Waals surface area contributed by atoms with Crippen LogP contribution in [0.2, 0.25) is 0 Å². The van der Waals surface area contributed by atoms with Gasteiger partial charge in [0.15, 0.2) is 9.84 Å². The Hall–Kier alpha value is -3.93. The highest BCUT2D eigenvalue weighted by Gasteiger charge is 2.34. The van der Waals surface area contributed by atoms with Crippen molar-refractivity contribution in [3.05, 3.63) is 102 Å². The number of sulfone groups is 1. The highest BCUT2D eigenvalue weighted by atomic mass is 32.2. The maximum absolute atomic E-state index is 13.9. The summed E-state index contributed by atoms with van der Waals surface area (Å²) >= 11 is 0. The molecule has 0 unspecified atom stereocenters. The van der Waals surface area contributed by atoms with Gasteiger partial charge in [0.05, 0.1) is 24.2 Å².